The Morgan fingerprint density at radius 3 is 2.79 bits per heavy atom. The smallest absolute Gasteiger partial charge is 0.0716 e. The lowest BCUT2D eigenvalue weighted by atomic mass is 9.95. The Kier molecular flexibility index (Phi) is 3.87. The quantitative estimate of drug-likeness (QED) is 0.894. The number of benzene rings is 1. The predicted molar refractivity (Wildman–Crippen MR) is 76.9 cm³/mol. The SMILES string of the molecule is COCc1ccccc1CN1CC2CNCC2C1C. The molecule has 3 unspecified atom stereocenters. The molecule has 1 aromatic rings. The van der Waals surface area contributed by atoms with Gasteiger partial charge in [0.2, 0.25) is 0 Å². The molecule has 3 nitrogen and oxygen atoms in total. The summed E-state index contributed by atoms with van der Waals surface area (Å²) in [6.45, 7) is 7.80. The zero-order valence-electron chi connectivity index (χ0n) is 11.9. The van der Waals surface area contributed by atoms with Crippen LogP contribution in [0.15, 0.2) is 24.3 Å². The molecule has 2 aliphatic heterocycles. The number of ether oxygens (including phenoxy) is 1. The molecule has 3 rings (SSSR count). The van der Waals surface area contributed by atoms with E-state index in [1.807, 2.05) is 0 Å². The van der Waals surface area contributed by atoms with E-state index in [9.17, 15) is 0 Å². The molecule has 1 N–H and O–H groups in total. The highest BCUT2D eigenvalue weighted by atomic mass is 16.5. The lowest BCUT2D eigenvalue weighted by molar-refractivity contribution is 0.181. The summed E-state index contributed by atoms with van der Waals surface area (Å²) in [5.41, 5.74) is 2.75. The first-order valence-corrected chi connectivity index (χ1v) is 7.30. The van der Waals surface area contributed by atoms with Crippen molar-refractivity contribution in [2.75, 3.05) is 26.7 Å². The number of hydrogen-bond donors (Lipinski definition) is 1. The van der Waals surface area contributed by atoms with E-state index in [-0.39, 0.29) is 0 Å². The minimum Gasteiger partial charge on any atom is -0.380 e. The first-order valence-electron chi connectivity index (χ1n) is 7.30. The highest BCUT2D eigenvalue weighted by Gasteiger charge is 2.41. The molecular weight excluding hydrogens is 236 g/mol. The van der Waals surface area contributed by atoms with Gasteiger partial charge in [-0.1, -0.05) is 24.3 Å². The van der Waals surface area contributed by atoms with E-state index >= 15 is 0 Å². The van der Waals surface area contributed by atoms with Gasteiger partial charge in [-0.15, -0.1) is 0 Å². The summed E-state index contributed by atoms with van der Waals surface area (Å²) in [5, 5.41) is 3.52. The molecule has 0 saturated carbocycles. The molecule has 1 aromatic carbocycles. The Hall–Kier alpha value is -0.900. The van der Waals surface area contributed by atoms with Crippen LogP contribution in [0.5, 0.6) is 0 Å². The minimum absolute atomic E-state index is 0.690. The highest BCUT2D eigenvalue weighted by molar-refractivity contribution is 5.26. The van der Waals surface area contributed by atoms with E-state index in [0.29, 0.717) is 12.6 Å². The van der Waals surface area contributed by atoms with Crippen LogP contribution in [0.1, 0.15) is 18.1 Å². The van der Waals surface area contributed by atoms with Crippen LogP contribution >= 0.6 is 0 Å². The number of fused-ring (bicyclic) bond motifs is 1. The monoisotopic (exact) mass is 260 g/mol. The summed E-state index contributed by atoms with van der Waals surface area (Å²) in [7, 11) is 1.77. The topological polar surface area (TPSA) is 24.5 Å². The Balaban J connectivity index is 1.72. The van der Waals surface area contributed by atoms with E-state index < -0.39 is 0 Å². The Morgan fingerprint density at radius 1 is 1.26 bits per heavy atom. The number of methoxy groups -OCH3 is 1. The van der Waals surface area contributed by atoms with Gasteiger partial charge in [-0.2, -0.15) is 0 Å². The standard InChI is InChI=1S/C16H24N2O/c1-12-16-8-17-7-15(16)10-18(12)9-13-5-3-4-6-14(13)11-19-2/h3-6,12,15-17H,7-11H2,1-2H3. The van der Waals surface area contributed by atoms with Crippen molar-refractivity contribution in [3.05, 3.63) is 35.4 Å². The number of nitrogens with zero attached hydrogens (tertiary/aromatic N) is 1. The van der Waals surface area contributed by atoms with Crippen molar-refractivity contribution in [2.45, 2.75) is 26.1 Å². The number of hydrogen-bond acceptors (Lipinski definition) is 3. The molecule has 0 radical (unpaired) electrons. The van der Waals surface area contributed by atoms with Crippen molar-refractivity contribution in [3.8, 4) is 0 Å². The van der Waals surface area contributed by atoms with E-state index in [1.54, 1.807) is 7.11 Å². The van der Waals surface area contributed by atoms with E-state index in [4.69, 9.17) is 4.74 Å². The van der Waals surface area contributed by atoms with Gasteiger partial charge in [-0.25, -0.2) is 0 Å². The third-order valence-electron chi connectivity index (χ3n) is 4.85. The minimum atomic E-state index is 0.690. The van der Waals surface area contributed by atoms with Crippen LogP contribution in [-0.4, -0.2) is 37.7 Å². The first kappa shape index (κ1) is 13.1. The van der Waals surface area contributed by atoms with Gasteiger partial charge in [0.05, 0.1) is 6.61 Å². The first-order chi connectivity index (χ1) is 9.29. The summed E-state index contributed by atoms with van der Waals surface area (Å²) in [5.74, 6) is 1.69. The maximum absolute atomic E-state index is 5.31. The maximum Gasteiger partial charge on any atom is 0.0716 e. The molecule has 0 spiro atoms. The van der Waals surface area contributed by atoms with Gasteiger partial charge in [0, 0.05) is 26.2 Å². The van der Waals surface area contributed by atoms with Gasteiger partial charge >= 0.3 is 0 Å². The van der Waals surface area contributed by atoms with Crippen LogP contribution in [0, 0.1) is 11.8 Å². The predicted octanol–water partition coefficient (Wildman–Crippen LogP) is 1.87. The van der Waals surface area contributed by atoms with Gasteiger partial charge in [0.1, 0.15) is 0 Å². The van der Waals surface area contributed by atoms with Crippen LogP contribution in [0.3, 0.4) is 0 Å². The van der Waals surface area contributed by atoms with Gasteiger partial charge in [-0.3, -0.25) is 4.90 Å². The van der Waals surface area contributed by atoms with E-state index in [1.165, 1.54) is 30.8 Å². The Morgan fingerprint density at radius 2 is 2.05 bits per heavy atom. The van der Waals surface area contributed by atoms with Crippen molar-refractivity contribution >= 4 is 0 Å². The number of nitrogens with one attached hydrogen (secondary N) is 1. The fourth-order valence-electron chi connectivity index (χ4n) is 3.69. The molecule has 0 aromatic heterocycles. The van der Waals surface area contributed by atoms with Crippen LogP contribution in [0.2, 0.25) is 0 Å². The molecule has 104 valence electrons. The van der Waals surface area contributed by atoms with E-state index in [0.717, 1.165) is 18.4 Å². The van der Waals surface area contributed by atoms with Crippen molar-refractivity contribution < 1.29 is 4.74 Å². The third-order valence-corrected chi connectivity index (χ3v) is 4.85. The third kappa shape index (κ3) is 2.55. The molecule has 2 saturated heterocycles. The second-order valence-electron chi connectivity index (χ2n) is 5.95. The average Bonchev–Trinajstić information content (AvgIpc) is 2.97. The van der Waals surface area contributed by atoms with Crippen molar-refractivity contribution in [3.63, 3.8) is 0 Å². The van der Waals surface area contributed by atoms with Crippen LogP contribution in [0.4, 0.5) is 0 Å². The molecule has 3 heteroatoms. The van der Waals surface area contributed by atoms with Crippen LogP contribution in [0.25, 0.3) is 0 Å². The van der Waals surface area contributed by atoms with Crippen molar-refractivity contribution in [1.82, 2.24) is 10.2 Å². The molecule has 2 aliphatic rings. The normalized spacial score (nSPS) is 30.7. The zero-order chi connectivity index (χ0) is 13.2. The van der Waals surface area contributed by atoms with Gasteiger partial charge in [0.15, 0.2) is 0 Å². The van der Waals surface area contributed by atoms with Gasteiger partial charge in [0.25, 0.3) is 0 Å². The second-order valence-corrected chi connectivity index (χ2v) is 5.95. The summed E-state index contributed by atoms with van der Waals surface area (Å²) in [6.07, 6.45) is 0. The van der Waals surface area contributed by atoms with Crippen molar-refractivity contribution in [2.24, 2.45) is 11.8 Å². The number of likely N-dealkylation sites (tertiary alicyclic amines) is 1. The van der Waals surface area contributed by atoms with Crippen molar-refractivity contribution in [1.29, 1.82) is 0 Å². The Labute approximate surface area is 115 Å². The van der Waals surface area contributed by atoms with Crippen LogP contribution in [-0.2, 0) is 17.9 Å². The molecule has 0 bridgehead atoms. The molecule has 0 aliphatic carbocycles. The molecular formula is C16H24N2O. The fraction of sp³-hybridized carbons (Fsp3) is 0.625. The zero-order valence-corrected chi connectivity index (χ0v) is 11.9. The molecule has 2 fully saturated rings. The largest absolute Gasteiger partial charge is 0.380 e. The summed E-state index contributed by atoms with van der Waals surface area (Å²) in [6, 6.07) is 9.35. The Bertz CT molecular complexity index is 435. The summed E-state index contributed by atoms with van der Waals surface area (Å²) >= 11 is 0. The number of rotatable bonds is 4. The van der Waals surface area contributed by atoms with Gasteiger partial charge in [-0.05, 0) is 43.0 Å². The van der Waals surface area contributed by atoms with Gasteiger partial charge < -0.3 is 10.1 Å². The maximum atomic E-state index is 5.31. The molecule has 3 atom stereocenters. The summed E-state index contributed by atoms with van der Waals surface area (Å²) in [4.78, 5) is 2.64. The summed E-state index contributed by atoms with van der Waals surface area (Å²) < 4.78 is 5.31. The second kappa shape index (κ2) is 5.61. The molecule has 2 heterocycles. The lowest BCUT2D eigenvalue weighted by Gasteiger charge is -2.25. The average molecular weight is 260 g/mol. The van der Waals surface area contributed by atoms with E-state index in [2.05, 4.69) is 41.4 Å². The van der Waals surface area contributed by atoms with Crippen LogP contribution < -0.4 is 5.32 Å². The molecule has 19 heavy (non-hydrogen) atoms. The highest BCUT2D eigenvalue weighted by Crippen LogP contribution is 2.33. The lowest BCUT2D eigenvalue weighted by Crippen LogP contribution is -2.33. The fourth-order valence-corrected chi connectivity index (χ4v) is 3.69. The molecule has 0 amide bonds.